The molecule has 0 bridgehead atoms. The Morgan fingerprint density at radius 2 is 2.30 bits per heavy atom. The molecule has 1 aromatic rings. The molecule has 2 rings (SSSR count). The predicted octanol–water partition coefficient (Wildman–Crippen LogP) is -0.265. The molecule has 0 saturated carbocycles. The number of carbonyl (C=O) groups excluding carboxylic acids is 2. The van der Waals surface area contributed by atoms with Gasteiger partial charge in [0.15, 0.2) is 0 Å². The van der Waals surface area contributed by atoms with Crippen molar-refractivity contribution in [3.05, 3.63) is 23.8 Å². The molecule has 0 aromatic carbocycles. The van der Waals surface area contributed by atoms with E-state index in [-0.39, 0.29) is 24.4 Å². The van der Waals surface area contributed by atoms with E-state index in [0.717, 1.165) is 25.1 Å². The third-order valence-electron chi connectivity index (χ3n) is 3.29. The molecule has 0 unspecified atom stereocenters. The summed E-state index contributed by atoms with van der Waals surface area (Å²) in [6.07, 6.45) is 5.29. The van der Waals surface area contributed by atoms with Crippen LogP contribution >= 0.6 is 0 Å². The first kappa shape index (κ1) is 14.4. The number of hydrogen-bond acceptors (Lipinski definition) is 5. The van der Waals surface area contributed by atoms with Crippen LogP contribution in [0.1, 0.15) is 37.2 Å². The molecule has 2 amide bonds. The molecule has 7 nitrogen and oxygen atoms in total. The fourth-order valence-corrected chi connectivity index (χ4v) is 2.43. The maximum Gasteiger partial charge on any atom is 0.231 e. The highest BCUT2D eigenvalue weighted by Crippen LogP contribution is 2.29. The second-order valence-corrected chi connectivity index (χ2v) is 4.94. The standard InChI is InChI=1S/C13H19N5O2/c1-9(19)16-6-10-5-15-7-11(17-10)12-3-2-4-18(12)8-13(14)20/h5,7,12H,2-4,6,8H2,1H3,(H2,14,20)(H,16,19)/t12-/m0/s1. The van der Waals surface area contributed by atoms with Crippen molar-refractivity contribution >= 4 is 11.8 Å². The Hall–Kier alpha value is -2.02. The molecule has 0 spiro atoms. The van der Waals surface area contributed by atoms with Gasteiger partial charge in [-0.3, -0.25) is 24.5 Å². The molecule has 1 aliphatic rings. The van der Waals surface area contributed by atoms with Gasteiger partial charge in [0, 0.05) is 6.92 Å². The lowest BCUT2D eigenvalue weighted by atomic mass is 10.1. The molecule has 1 saturated heterocycles. The zero-order valence-electron chi connectivity index (χ0n) is 11.5. The highest BCUT2D eigenvalue weighted by Gasteiger charge is 2.28. The summed E-state index contributed by atoms with van der Waals surface area (Å²) in [4.78, 5) is 32.7. The van der Waals surface area contributed by atoms with E-state index in [9.17, 15) is 9.59 Å². The Morgan fingerprint density at radius 1 is 1.50 bits per heavy atom. The smallest absolute Gasteiger partial charge is 0.231 e. The molecule has 7 heteroatoms. The van der Waals surface area contributed by atoms with Gasteiger partial charge in [-0.15, -0.1) is 0 Å². The Bertz CT molecular complexity index is 505. The minimum atomic E-state index is -0.334. The van der Waals surface area contributed by atoms with E-state index in [1.54, 1.807) is 12.4 Å². The maximum absolute atomic E-state index is 11.1. The Kier molecular flexibility index (Phi) is 4.62. The first-order valence-corrected chi connectivity index (χ1v) is 6.64. The molecule has 0 radical (unpaired) electrons. The summed E-state index contributed by atoms with van der Waals surface area (Å²) in [6.45, 7) is 2.90. The zero-order valence-corrected chi connectivity index (χ0v) is 11.5. The maximum atomic E-state index is 11.1. The highest BCUT2D eigenvalue weighted by molar-refractivity contribution is 5.76. The summed E-state index contributed by atoms with van der Waals surface area (Å²) < 4.78 is 0. The highest BCUT2D eigenvalue weighted by atomic mass is 16.1. The Morgan fingerprint density at radius 3 is 3.00 bits per heavy atom. The quantitative estimate of drug-likeness (QED) is 0.772. The normalized spacial score (nSPS) is 18.9. The van der Waals surface area contributed by atoms with Gasteiger partial charge in [-0.25, -0.2) is 0 Å². The number of nitrogens with zero attached hydrogens (tertiary/aromatic N) is 3. The number of likely N-dealkylation sites (tertiary alicyclic amines) is 1. The third kappa shape index (κ3) is 3.74. The predicted molar refractivity (Wildman–Crippen MR) is 72.3 cm³/mol. The van der Waals surface area contributed by atoms with Crippen LogP contribution in [0.25, 0.3) is 0 Å². The van der Waals surface area contributed by atoms with Crippen LogP contribution in [0.5, 0.6) is 0 Å². The van der Waals surface area contributed by atoms with Crippen molar-refractivity contribution in [2.45, 2.75) is 32.4 Å². The fourth-order valence-electron chi connectivity index (χ4n) is 2.43. The van der Waals surface area contributed by atoms with Gasteiger partial charge < -0.3 is 11.1 Å². The molecule has 3 N–H and O–H groups in total. The van der Waals surface area contributed by atoms with Crippen molar-refractivity contribution in [1.82, 2.24) is 20.2 Å². The van der Waals surface area contributed by atoms with Crippen molar-refractivity contribution in [1.29, 1.82) is 0 Å². The van der Waals surface area contributed by atoms with Gasteiger partial charge in [0.05, 0.1) is 42.9 Å². The molecular formula is C13H19N5O2. The molecule has 1 fully saturated rings. The van der Waals surface area contributed by atoms with E-state index in [1.165, 1.54) is 6.92 Å². The SMILES string of the molecule is CC(=O)NCc1cncc([C@@H]2CCCN2CC(N)=O)n1. The summed E-state index contributed by atoms with van der Waals surface area (Å²) in [5, 5.41) is 2.69. The van der Waals surface area contributed by atoms with Gasteiger partial charge in [-0.1, -0.05) is 0 Å². The lowest BCUT2D eigenvalue weighted by molar-refractivity contribution is -0.120. The molecule has 2 heterocycles. The van der Waals surface area contributed by atoms with Crippen LogP contribution in [-0.4, -0.2) is 39.8 Å². The third-order valence-corrected chi connectivity index (χ3v) is 3.29. The number of nitrogens with one attached hydrogen (secondary N) is 1. The van der Waals surface area contributed by atoms with Crippen LogP contribution in [0.15, 0.2) is 12.4 Å². The van der Waals surface area contributed by atoms with Gasteiger partial charge in [0.2, 0.25) is 11.8 Å². The molecule has 108 valence electrons. The minimum absolute atomic E-state index is 0.0762. The van der Waals surface area contributed by atoms with Crippen LogP contribution in [0.3, 0.4) is 0 Å². The summed E-state index contributed by atoms with van der Waals surface area (Å²) in [5.41, 5.74) is 6.80. The molecule has 0 aliphatic carbocycles. The van der Waals surface area contributed by atoms with Gasteiger partial charge in [0.1, 0.15) is 0 Å². The van der Waals surface area contributed by atoms with Crippen molar-refractivity contribution in [2.75, 3.05) is 13.1 Å². The summed E-state index contributed by atoms with van der Waals surface area (Å²) in [5.74, 6) is -0.437. The number of amides is 2. The fraction of sp³-hybridized carbons (Fsp3) is 0.538. The van der Waals surface area contributed by atoms with Gasteiger partial charge in [-0.05, 0) is 19.4 Å². The van der Waals surface area contributed by atoms with Crippen LogP contribution in [0.2, 0.25) is 0 Å². The van der Waals surface area contributed by atoms with E-state index < -0.39 is 0 Å². The second kappa shape index (κ2) is 6.42. The first-order valence-electron chi connectivity index (χ1n) is 6.64. The van der Waals surface area contributed by atoms with Crippen LogP contribution in [0, 0.1) is 0 Å². The molecular weight excluding hydrogens is 258 g/mol. The second-order valence-electron chi connectivity index (χ2n) is 4.94. The van der Waals surface area contributed by atoms with Gasteiger partial charge in [0.25, 0.3) is 0 Å². The number of nitrogens with two attached hydrogens (primary N) is 1. The average Bonchev–Trinajstić information content (AvgIpc) is 2.84. The number of primary amides is 1. The summed E-state index contributed by atoms with van der Waals surface area (Å²) in [7, 11) is 0. The minimum Gasteiger partial charge on any atom is -0.369 e. The monoisotopic (exact) mass is 277 g/mol. The van der Waals surface area contributed by atoms with Gasteiger partial charge in [-0.2, -0.15) is 0 Å². The van der Waals surface area contributed by atoms with E-state index in [4.69, 9.17) is 5.73 Å². The Labute approximate surface area is 117 Å². The molecule has 1 atom stereocenters. The van der Waals surface area contributed by atoms with Crippen LogP contribution in [-0.2, 0) is 16.1 Å². The average molecular weight is 277 g/mol. The van der Waals surface area contributed by atoms with E-state index >= 15 is 0 Å². The molecule has 1 aliphatic heterocycles. The number of carbonyl (C=O) groups is 2. The van der Waals surface area contributed by atoms with Gasteiger partial charge >= 0.3 is 0 Å². The Balaban J connectivity index is 2.09. The van der Waals surface area contributed by atoms with E-state index in [2.05, 4.69) is 15.3 Å². The largest absolute Gasteiger partial charge is 0.369 e. The lowest BCUT2D eigenvalue weighted by Gasteiger charge is -2.22. The summed E-state index contributed by atoms with van der Waals surface area (Å²) in [6, 6.07) is 0.0762. The van der Waals surface area contributed by atoms with Crippen LogP contribution < -0.4 is 11.1 Å². The first-order chi connectivity index (χ1) is 9.56. The van der Waals surface area contributed by atoms with Crippen LogP contribution in [0.4, 0.5) is 0 Å². The topological polar surface area (TPSA) is 101 Å². The van der Waals surface area contributed by atoms with Crippen molar-refractivity contribution < 1.29 is 9.59 Å². The van der Waals surface area contributed by atoms with E-state index in [1.807, 2.05) is 4.90 Å². The summed E-state index contributed by atoms with van der Waals surface area (Å²) >= 11 is 0. The molecule has 20 heavy (non-hydrogen) atoms. The van der Waals surface area contributed by atoms with Crippen molar-refractivity contribution in [3.8, 4) is 0 Å². The number of rotatable bonds is 5. The lowest BCUT2D eigenvalue weighted by Crippen LogP contribution is -2.33. The van der Waals surface area contributed by atoms with E-state index in [0.29, 0.717) is 12.2 Å². The van der Waals surface area contributed by atoms with Crippen molar-refractivity contribution in [3.63, 3.8) is 0 Å². The van der Waals surface area contributed by atoms with Crippen molar-refractivity contribution in [2.24, 2.45) is 5.73 Å². The zero-order chi connectivity index (χ0) is 14.5. The molecule has 1 aromatic heterocycles. The number of hydrogen-bond donors (Lipinski definition) is 2. The number of aromatic nitrogens is 2.